The summed E-state index contributed by atoms with van der Waals surface area (Å²) in [4.78, 5) is 26.1. The van der Waals surface area contributed by atoms with Crippen LogP contribution in [0.1, 0.15) is 64.9 Å². The number of carbonyl (C=O) groups is 2. The van der Waals surface area contributed by atoms with Gasteiger partial charge in [0, 0.05) is 44.9 Å². The van der Waals surface area contributed by atoms with E-state index >= 15 is 0 Å². The summed E-state index contributed by atoms with van der Waals surface area (Å²) in [6, 6.07) is 10.4. The third-order valence-corrected chi connectivity index (χ3v) is 7.47. The quantitative estimate of drug-likeness (QED) is 0.169. The van der Waals surface area contributed by atoms with E-state index in [9.17, 15) is 9.59 Å². The van der Waals surface area contributed by atoms with E-state index in [1.807, 2.05) is 32.2 Å². The van der Waals surface area contributed by atoms with Crippen molar-refractivity contribution in [3.05, 3.63) is 48.2 Å². The van der Waals surface area contributed by atoms with E-state index in [1.54, 1.807) is 7.11 Å². The molecule has 210 valence electrons. The minimum absolute atomic E-state index is 0.0168. The Hall–Kier alpha value is -2.38. The molecule has 2 amide bonds. The molecule has 0 aliphatic heterocycles. The molecule has 0 spiro atoms. The Morgan fingerprint density at radius 2 is 1.84 bits per heavy atom. The second-order valence-electron chi connectivity index (χ2n) is 10.3. The third kappa shape index (κ3) is 12.1. The average molecular weight is 517 g/mol. The Balaban J connectivity index is 2.55. The monoisotopic (exact) mass is 516 g/mol. The lowest BCUT2D eigenvalue weighted by molar-refractivity contribution is -0.125. The number of hydrogen-bond acceptors (Lipinski definition) is 5. The van der Waals surface area contributed by atoms with Gasteiger partial charge in [0.1, 0.15) is 0 Å². The average Bonchev–Trinajstić information content (AvgIpc) is 2.90. The molecule has 0 saturated carbocycles. The van der Waals surface area contributed by atoms with Crippen molar-refractivity contribution in [2.24, 2.45) is 11.8 Å². The molecule has 7 heteroatoms. The van der Waals surface area contributed by atoms with Gasteiger partial charge in [-0.1, -0.05) is 76.9 Å². The van der Waals surface area contributed by atoms with Gasteiger partial charge < -0.3 is 25.6 Å². The lowest BCUT2D eigenvalue weighted by Crippen LogP contribution is -2.47. The summed E-state index contributed by atoms with van der Waals surface area (Å²) < 4.78 is 5.98. The van der Waals surface area contributed by atoms with Crippen molar-refractivity contribution in [2.45, 2.75) is 83.9 Å². The van der Waals surface area contributed by atoms with Gasteiger partial charge in [-0.05, 0) is 44.2 Å². The van der Waals surface area contributed by atoms with E-state index in [1.165, 1.54) is 5.56 Å². The second kappa shape index (κ2) is 18.8. The normalized spacial score (nSPS) is 15.2. The number of nitrogens with one attached hydrogen (secondary N) is 3. The molecule has 0 aliphatic rings. The number of carbonyl (C=O) groups excluding carboxylic acids is 2. The first-order chi connectivity index (χ1) is 17.8. The van der Waals surface area contributed by atoms with Crippen LogP contribution in [0.2, 0.25) is 0 Å². The van der Waals surface area contributed by atoms with E-state index in [4.69, 9.17) is 4.74 Å². The van der Waals surface area contributed by atoms with Crippen molar-refractivity contribution in [2.75, 3.05) is 34.3 Å². The van der Waals surface area contributed by atoms with Crippen LogP contribution in [0.3, 0.4) is 0 Å². The van der Waals surface area contributed by atoms with E-state index in [-0.39, 0.29) is 30.0 Å². The van der Waals surface area contributed by atoms with Crippen LogP contribution in [0, 0.1) is 11.8 Å². The van der Waals surface area contributed by atoms with Gasteiger partial charge in [0.25, 0.3) is 0 Å². The maximum atomic E-state index is 12.6. The minimum atomic E-state index is -0.165. The summed E-state index contributed by atoms with van der Waals surface area (Å²) in [6.45, 7) is 12.0. The highest BCUT2D eigenvalue weighted by molar-refractivity contribution is 5.78. The number of hydrogen-bond donors (Lipinski definition) is 3. The summed E-state index contributed by atoms with van der Waals surface area (Å²) in [5, 5.41) is 9.16. The van der Waals surface area contributed by atoms with Gasteiger partial charge in [0.05, 0.1) is 12.1 Å². The predicted molar refractivity (Wildman–Crippen MR) is 153 cm³/mol. The molecule has 1 aromatic carbocycles. The highest BCUT2D eigenvalue weighted by atomic mass is 16.5. The Labute approximate surface area is 225 Å². The van der Waals surface area contributed by atoms with Crippen LogP contribution in [0.4, 0.5) is 0 Å². The summed E-state index contributed by atoms with van der Waals surface area (Å²) in [6.07, 6.45) is 7.09. The number of likely N-dealkylation sites (N-methyl/N-ethyl adjacent to an activating group) is 2. The summed E-state index contributed by atoms with van der Waals surface area (Å²) >= 11 is 0. The fraction of sp³-hybridized carbons (Fsp3) is 0.667. The molecule has 1 aromatic rings. The largest absolute Gasteiger partial charge is 0.379 e. The Kier molecular flexibility index (Phi) is 16.6. The fourth-order valence-electron chi connectivity index (χ4n) is 4.99. The van der Waals surface area contributed by atoms with E-state index in [0.717, 1.165) is 57.2 Å². The van der Waals surface area contributed by atoms with Crippen molar-refractivity contribution in [3.63, 3.8) is 0 Å². The van der Waals surface area contributed by atoms with Crippen LogP contribution in [0.25, 0.3) is 0 Å². The molecular weight excluding hydrogens is 464 g/mol. The van der Waals surface area contributed by atoms with Crippen molar-refractivity contribution in [1.29, 1.82) is 0 Å². The van der Waals surface area contributed by atoms with Gasteiger partial charge >= 0.3 is 0 Å². The zero-order valence-electron chi connectivity index (χ0n) is 24.1. The van der Waals surface area contributed by atoms with Crippen molar-refractivity contribution < 1.29 is 14.3 Å². The van der Waals surface area contributed by atoms with Gasteiger partial charge in [0.15, 0.2) is 0 Å². The molecule has 0 heterocycles. The smallest absolute Gasteiger partial charge is 0.222 e. The second-order valence-corrected chi connectivity index (χ2v) is 10.3. The van der Waals surface area contributed by atoms with Gasteiger partial charge in [0.2, 0.25) is 12.3 Å². The topological polar surface area (TPSA) is 82.7 Å². The number of ether oxygens (including phenoxy) is 1. The third-order valence-electron chi connectivity index (χ3n) is 7.47. The van der Waals surface area contributed by atoms with Crippen LogP contribution < -0.4 is 16.0 Å². The lowest BCUT2D eigenvalue weighted by atomic mass is 9.89. The summed E-state index contributed by atoms with van der Waals surface area (Å²) in [5.41, 5.74) is 2.26. The molecule has 0 aliphatic carbocycles. The molecule has 7 nitrogen and oxygen atoms in total. The van der Waals surface area contributed by atoms with Gasteiger partial charge in [-0.3, -0.25) is 9.59 Å². The van der Waals surface area contributed by atoms with Gasteiger partial charge in [-0.15, -0.1) is 0 Å². The predicted octanol–water partition coefficient (Wildman–Crippen LogP) is 4.14. The molecule has 0 radical (unpaired) electrons. The molecule has 4 unspecified atom stereocenters. The molecule has 0 fully saturated rings. The van der Waals surface area contributed by atoms with Crippen LogP contribution in [-0.4, -0.2) is 69.7 Å². The molecule has 0 aromatic heterocycles. The number of nitrogens with zero attached hydrogens (tertiary/aromatic N) is 1. The highest BCUT2D eigenvalue weighted by Gasteiger charge is 2.30. The SMILES string of the molecule is C=C(CNC)N(C)C(C(C)CC)C(CCCC[C@@H](CC(C)C(=O)NCCc1ccccc1)NC=O)OC. The first-order valence-electron chi connectivity index (χ1n) is 13.9. The summed E-state index contributed by atoms with van der Waals surface area (Å²) in [5.74, 6) is 0.338. The summed E-state index contributed by atoms with van der Waals surface area (Å²) in [7, 11) is 5.84. The maximum absolute atomic E-state index is 12.6. The van der Waals surface area contributed by atoms with Gasteiger partial charge in [-0.25, -0.2) is 0 Å². The first kappa shape index (κ1) is 32.6. The first-order valence-corrected chi connectivity index (χ1v) is 13.9. The maximum Gasteiger partial charge on any atom is 0.222 e. The van der Waals surface area contributed by atoms with Crippen molar-refractivity contribution in [1.82, 2.24) is 20.9 Å². The molecule has 1 rings (SSSR count). The van der Waals surface area contributed by atoms with Crippen molar-refractivity contribution >= 4 is 12.3 Å². The Morgan fingerprint density at radius 1 is 1.16 bits per heavy atom. The highest BCUT2D eigenvalue weighted by Crippen LogP contribution is 2.25. The molecule has 0 bridgehead atoms. The Bertz CT molecular complexity index is 773. The molecule has 37 heavy (non-hydrogen) atoms. The van der Waals surface area contributed by atoms with Crippen LogP contribution in [-0.2, 0) is 20.7 Å². The van der Waals surface area contributed by atoms with Crippen LogP contribution >= 0.6 is 0 Å². The van der Waals surface area contributed by atoms with Crippen molar-refractivity contribution in [3.8, 4) is 0 Å². The van der Waals surface area contributed by atoms with Crippen LogP contribution in [0.15, 0.2) is 42.6 Å². The minimum Gasteiger partial charge on any atom is -0.379 e. The molecule has 3 N–H and O–H groups in total. The van der Waals surface area contributed by atoms with E-state index in [2.05, 4.69) is 60.5 Å². The Morgan fingerprint density at radius 3 is 2.43 bits per heavy atom. The molecular formula is C30H52N4O3. The number of methoxy groups -OCH3 is 1. The number of rotatable bonds is 21. The molecule has 0 saturated heterocycles. The fourth-order valence-corrected chi connectivity index (χ4v) is 4.99. The van der Waals surface area contributed by atoms with E-state index < -0.39 is 0 Å². The number of unbranched alkanes of at least 4 members (excludes halogenated alkanes) is 1. The molecule has 5 atom stereocenters. The zero-order valence-corrected chi connectivity index (χ0v) is 24.1. The van der Waals surface area contributed by atoms with E-state index in [0.29, 0.717) is 18.9 Å². The number of amides is 2. The zero-order chi connectivity index (χ0) is 27.6. The van der Waals surface area contributed by atoms with Crippen LogP contribution in [0.5, 0.6) is 0 Å². The standard InChI is InChI=1S/C30H52N4O3/c1-8-23(2)29(34(6)25(4)21-31-5)28(37-7)17-13-12-16-27(33-22-35)20-24(3)30(36)32-19-18-26-14-10-9-11-15-26/h9-11,14-15,22-24,27-29,31H,4,8,12-13,16-21H2,1-3,5-7H3,(H,32,36)(H,33,35)/t23?,24?,27-,28?,29?/m0/s1. The lowest BCUT2D eigenvalue weighted by Gasteiger charge is -2.40. The number of benzene rings is 1. The van der Waals surface area contributed by atoms with Gasteiger partial charge in [-0.2, -0.15) is 0 Å².